The maximum Gasteiger partial charge on any atom is 0.226 e. The second-order valence-electron chi connectivity index (χ2n) is 32.6. The molecular weight excluding hydrogens is 1620 g/mol. The van der Waals surface area contributed by atoms with Crippen molar-refractivity contribution in [2.75, 3.05) is 45.1 Å². The lowest BCUT2D eigenvalue weighted by Gasteiger charge is -2.30. The molecule has 622 valence electrons. The molecule has 0 radical (unpaired) electrons. The van der Waals surface area contributed by atoms with Crippen LogP contribution in [0.2, 0.25) is 0 Å². The molecule has 3 atom stereocenters. The number of hydrogen-bond acceptors (Lipinski definition) is 21. The first-order valence-electron chi connectivity index (χ1n) is 42.4. The fourth-order valence-corrected chi connectivity index (χ4v) is 25.6. The largest absolute Gasteiger partial charge is 0.319 e. The number of aromatic nitrogens is 4. The maximum atomic E-state index is 13.7. The number of nitrogens with zero attached hydrogens (tertiary/aromatic N) is 6. The highest BCUT2D eigenvalue weighted by Crippen LogP contribution is 2.49. The van der Waals surface area contributed by atoms with E-state index in [1.54, 1.807) is 85.4 Å². The van der Waals surface area contributed by atoms with Crippen LogP contribution in [-0.4, -0.2) is 105 Å². The number of fused-ring (bicyclic) bond motifs is 8. The molecule has 16 rings (SSSR count). The van der Waals surface area contributed by atoms with E-state index in [1.165, 1.54) is 105 Å². The Morgan fingerprint density at radius 1 is 0.444 bits per heavy atom. The third-order valence-electron chi connectivity index (χ3n) is 23.3. The molecule has 117 heavy (non-hydrogen) atoms. The van der Waals surface area contributed by atoms with Gasteiger partial charge in [0.1, 0.15) is 54.0 Å². The molecule has 0 spiro atoms. The summed E-state index contributed by atoms with van der Waals surface area (Å²) in [6.07, 6.45) is 17.8. The number of Topliss-reactive ketones (excluding diaryl/α,β-unsaturated/α-hetero) is 3. The van der Waals surface area contributed by atoms with Crippen LogP contribution in [0, 0.1) is 29.4 Å². The molecule has 4 aliphatic rings. The zero-order valence-electron chi connectivity index (χ0n) is 69.8. The summed E-state index contributed by atoms with van der Waals surface area (Å²) in [5.41, 5.74) is 13.7. The lowest BCUT2D eigenvalue weighted by Crippen LogP contribution is -2.35. The van der Waals surface area contributed by atoms with Crippen LogP contribution >= 0.6 is 90.7 Å². The van der Waals surface area contributed by atoms with Gasteiger partial charge in [0.25, 0.3) is 0 Å². The first-order valence-corrected chi connectivity index (χ1v) is 48.9. The summed E-state index contributed by atoms with van der Waals surface area (Å²) in [7, 11) is 1.87. The summed E-state index contributed by atoms with van der Waals surface area (Å²) in [5, 5.41) is 18.0. The van der Waals surface area contributed by atoms with E-state index in [-0.39, 0.29) is 17.5 Å². The zero-order valence-corrected chi connectivity index (χ0v) is 76.3. The molecule has 1 amide bonds. The second-order valence-corrected chi connectivity index (χ2v) is 41.4. The van der Waals surface area contributed by atoms with E-state index in [0.29, 0.717) is 110 Å². The molecule has 8 aromatic heterocycles. The van der Waals surface area contributed by atoms with E-state index < -0.39 is 0 Å². The summed E-state index contributed by atoms with van der Waals surface area (Å²) in [4.78, 5) is 84.1. The molecule has 12 heterocycles. The fourth-order valence-electron chi connectivity index (χ4n) is 15.8. The Kier molecular flexibility index (Phi) is 31.5. The van der Waals surface area contributed by atoms with E-state index in [0.717, 1.165) is 188 Å². The van der Waals surface area contributed by atoms with Crippen LogP contribution in [0.4, 0.5) is 13.8 Å². The van der Waals surface area contributed by atoms with Crippen molar-refractivity contribution in [1.29, 1.82) is 0 Å². The lowest BCUT2D eigenvalue weighted by molar-refractivity contribution is -0.119. The van der Waals surface area contributed by atoms with E-state index >= 15 is 0 Å². The highest BCUT2D eigenvalue weighted by Gasteiger charge is 2.33. The van der Waals surface area contributed by atoms with Crippen LogP contribution in [0.5, 0.6) is 0 Å². The van der Waals surface area contributed by atoms with E-state index in [2.05, 4.69) is 131 Å². The fraction of sp³-hybridized carbons (Fsp3) is 0.484. The van der Waals surface area contributed by atoms with Crippen molar-refractivity contribution in [3.05, 3.63) is 153 Å². The average molecular weight is 1730 g/mol. The normalized spacial score (nSPS) is 15.0. The van der Waals surface area contributed by atoms with Crippen molar-refractivity contribution in [2.24, 2.45) is 17.8 Å². The minimum absolute atomic E-state index is 0.0519. The Bertz CT molecular complexity index is 5340. The van der Waals surface area contributed by atoms with E-state index in [9.17, 15) is 28.0 Å². The number of anilines is 1. The molecule has 0 saturated heterocycles. The number of ketones is 3. The van der Waals surface area contributed by atoms with Gasteiger partial charge < -0.3 is 21.3 Å². The van der Waals surface area contributed by atoms with E-state index in [4.69, 9.17) is 19.9 Å². The van der Waals surface area contributed by atoms with Gasteiger partial charge in [-0.3, -0.25) is 29.0 Å². The molecule has 0 aliphatic carbocycles. The minimum Gasteiger partial charge on any atom is -0.319 e. The number of rotatable bonds is 31. The number of thiazole rings is 4. The summed E-state index contributed by atoms with van der Waals surface area (Å²) < 4.78 is 31.8. The van der Waals surface area contributed by atoms with Crippen molar-refractivity contribution >= 4 is 160 Å². The molecule has 4 N–H and O–H groups in total. The molecule has 14 nitrogen and oxygen atoms in total. The molecular formula is C93H114F2N10O4S8. The molecule has 0 fully saturated rings. The van der Waals surface area contributed by atoms with E-state index in [1.807, 2.05) is 42.6 Å². The van der Waals surface area contributed by atoms with Crippen molar-refractivity contribution in [2.45, 2.75) is 236 Å². The number of amides is 1. The van der Waals surface area contributed by atoms with Crippen LogP contribution in [0.3, 0.4) is 0 Å². The van der Waals surface area contributed by atoms with Gasteiger partial charge in [0.2, 0.25) is 5.91 Å². The number of benzene rings is 4. The third kappa shape index (κ3) is 22.4. The smallest absolute Gasteiger partial charge is 0.226 e. The van der Waals surface area contributed by atoms with Crippen LogP contribution in [0.15, 0.2) is 84.9 Å². The SMILES string of the molecule is CCC(C)CCCC(=O)Cc1sc2c(c1-c1nc3cc(F)ccc3s1)CCN(C(C)C)C2.CCC(C)CCCC(=O)Cc1sc2c(c1-c1nc3cc(F)ccc3s1)CCNC2.CCC(C)CCCC(=O)Cc1sc2c(c1-c1nc3ccccc3s1)CCNC2.CNCCC(=O)Nc1sc2c(c1-c1nc3ccccc3s1)CCN(C(C)C)C2. The number of halogens is 2. The molecule has 0 saturated carbocycles. The molecule has 3 unspecified atom stereocenters. The number of hydrogen-bond donors (Lipinski definition) is 4. The van der Waals surface area contributed by atoms with Gasteiger partial charge in [-0.25, -0.2) is 28.7 Å². The first kappa shape index (κ1) is 88.2. The molecule has 12 aromatic rings. The van der Waals surface area contributed by atoms with Gasteiger partial charge in [0.15, 0.2) is 0 Å². The molecule has 4 aliphatic heterocycles. The predicted octanol–water partition coefficient (Wildman–Crippen LogP) is 23.7. The van der Waals surface area contributed by atoms with Crippen molar-refractivity contribution in [3.8, 4) is 42.3 Å². The quantitative estimate of drug-likeness (QED) is 0.0323. The molecule has 0 bridgehead atoms. The second kappa shape index (κ2) is 41.8. The van der Waals surface area contributed by atoms with Crippen LogP contribution < -0.4 is 21.3 Å². The minimum atomic E-state index is -0.261. The van der Waals surface area contributed by atoms with Gasteiger partial charge in [0, 0.05) is 171 Å². The number of carbonyl (C=O) groups excluding carboxylic acids is 4. The number of para-hydroxylation sites is 2. The van der Waals surface area contributed by atoms with Gasteiger partial charge in [-0.2, -0.15) is 0 Å². The monoisotopic (exact) mass is 1730 g/mol. The molecule has 4 aromatic carbocycles. The number of carbonyl (C=O) groups is 4. The Labute approximate surface area is 721 Å². The third-order valence-corrected chi connectivity index (χ3v) is 32.4. The Morgan fingerprint density at radius 3 is 1.21 bits per heavy atom. The van der Waals surface area contributed by atoms with Crippen molar-refractivity contribution in [3.63, 3.8) is 0 Å². The van der Waals surface area contributed by atoms with Crippen LogP contribution in [0.1, 0.15) is 209 Å². The van der Waals surface area contributed by atoms with Crippen molar-refractivity contribution < 1.29 is 28.0 Å². The number of thiophene rings is 4. The first-order chi connectivity index (χ1) is 56.6. The summed E-state index contributed by atoms with van der Waals surface area (Å²) in [5.74, 6) is 2.61. The Morgan fingerprint density at radius 2 is 0.812 bits per heavy atom. The standard InChI is InChI=1S/C26H33FN2OS2.C23H27FN2OS2.C23H28N2OS2.C21H26N4OS2/c1-5-17(4)7-6-8-19(30)14-23-25(20-11-12-29(16(2)3)15-24(20)31-23)26-28-21-13-18(27)9-10-22(21)32-26;1-3-14(2)5-4-6-16(27)12-20-22(17-9-10-25-13-21(17)28-20)23-26-18-11-15(24)7-8-19(18)29-23;1-3-15(2)7-6-8-16(26)13-20-22(17-11-12-24-14-21(17)27-20)23-25-18-9-4-5-10-19(18)28-23;1-13(2)25-11-9-14-17(12-25)28-21(24-18(26)8-10-22-3)19(14)20-23-15-6-4-5-7-16(15)27-20/h9-10,13,16-17H,5-8,11-12,14-15H2,1-4H3;7-8,11,14,25H,3-6,9-10,12-13H2,1-2H3;4-5,9-10,15,24H,3,6-8,11-14H2,1-2H3;4-7,13,22H,8-12H2,1-3H3,(H,24,26). The highest BCUT2D eigenvalue weighted by atomic mass is 32.1. The highest BCUT2D eigenvalue weighted by molar-refractivity contribution is 7.24. The maximum absolute atomic E-state index is 13.7. The number of nitrogens with one attached hydrogen (secondary N) is 4. The molecule has 24 heteroatoms. The van der Waals surface area contributed by atoms with Gasteiger partial charge in [0.05, 0.1) is 40.9 Å². The van der Waals surface area contributed by atoms with Crippen LogP contribution in [-0.2, 0) is 90.3 Å². The zero-order chi connectivity index (χ0) is 82.4. The van der Waals surface area contributed by atoms with Crippen LogP contribution in [0.25, 0.3) is 83.2 Å². The summed E-state index contributed by atoms with van der Waals surface area (Å²) in [6.45, 7) is 30.7. The van der Waals surface area contributed by atoms with Gasteiger partial charge in [-0.05, 0) is 181 Å². The Balaban J connectivity index is 0.000000136. The van der Waals surface area contributed by atoms with Gasteiger partial charge in [-0.15, -0.1) is 90.7 Å². The van der Waals surface area contributed by atoms with Crippen molar-refractivity contribution in [1.82, 2.24) is 45.7 Å². The predicted molar refractivity (Wildman–Crippen MR) is 494 cm³/mol. The van der Waals surface area contributed by atoms with Gasteiger partial charge >= 0.3 is 0 Å². The summed E-state index contributed by atoms with van der Waals surface area (Å²) in [6, 6.07) is 27.2. The van der Waals surface area contributed by atoms with Gasteiger partial charge in [-0.1, -0.05) is 104 Å². The topological polar surface area (TPSA) is 174 Å². The summed E-state index contributed by atoms with van der Waals surface area (Å²) >= 11 is 13.8. The lowest BCUT2D eigenvalue weighted by atomic mass is 9.97. The average Bonchev–Trinajstić information content (AvgIpc) is 1.63. The Hall–Kier alpha value is -6.62.